The van der Waals surface area contributed by atoms with Crippen LogP contribution < -0.4 is 11.2 Å². The van der Waals surface area contributed by atoms with Crippen LogP contribution in [0.4, 0.5) is 0 Å². The van der Waals surface area contributed by atoms with Crippen molar-refractivity contribution >= 4 is 27.5 Å². The largest absolute Gasteiger partial charge is 0.386 e. The van der Waals surface area contributed by atoms with Gasteiger partial charge in [0.25, 0.3) is 11.5 Å². The molecule has 1 aliphatic rings. The van der Waals surface area contributed by atoms with E-state index in [4.69, 9.17) is 4.84 Å². The molecule has 1 saturated heterocycles. The first-order valence-electron chi connectivity index (χ1n) is 10.8. The highest BCUT2D eigenvalue weighted by Crippen LogP contribution is 2.34. The van der Waals surface area contributed by atoms with Gasteiger partial charge in [0.2, 0.25) is 0 Å². The fraction of sp³-hybridized carbons (Fsp3) is 0.545. The number of thiophene rings is 1. The molecule has 10 nitrogen and oxygen atoms in total. The summed E-state index contributed by atoms with van der Waals surface area (Å²) in [4.78, 5) is 46.5. The van der Waals surface area contributed by atoms with Gasteiger partial charge >= 0.3 is 5.69 Å². The molecule has 1 fully saturated rings. The quantitative estimate of drug-likeness (QED) is 0.576. The van der Waals surface area contributed by atoms with Gasteiger partial charge in [-0.3, -0.25) is 28.7 Å². The van der Waals surface area contributed by atoms with Gasteiger partial charge < -0.3 is 5.11 Å². The second kappa shape index (κ2) is 8.23. The van der Waals surface area contributed by atoms with Crippen LogP contribution in [0.15, 0.2) is 9.59 Å². The van der Waals surface area contributed by atoms with Gasteiger partial charge in [-0.2, -0.15) is 5.10 Å². The van der Waals surface area contributed by atoms with E-state index in [1.165, 1.54) is 18.4 Å². The van der Waals surface area contributed by atoms with Crippen LogP contribution in [0.3, 0.4) is 0 Å². The summed E-state index contributed by atoms with van der Waals surface area (Å²) in [5.74, 6) is -0.344. The minimum absolute atomic E-state index is 0.0155. The highest BCUT2D eigenvalue weighted by atomic mass is 32.1. The van der Waals surface area contributed by atoms with Crippen molar-refractivity contribution in [1.29, 1.82) is 0 Å². The Kier molecular flexibility index (Phi) is 5.83. The predicted molar refractivity (Wildman–Crippen MR) is 125 cm³/mol. The number of carbonyl (C=O) groups excluding carboxylic acids is 1. The zero-order valence-corrected chi connectivity index (χ0v) is 20.5. The molecule has 4 rings (SSSR count). The van der Waals surface area contributed by atoms with E-state index in [0.29, 0.717) is 22.7 Å². The lowest BCUT2D eigenvalue weighted by atomic mass is 10.0. The van der Waals surface area contributed by atoms with Crippen LogP contribution in [0, 0.1) is 19.8 Å². The molecule has 3 aromatic heterocycles. The van der Waals surface area contributed by atoms with Gasteiger partial charge in [-0.1, -0.05) is 13.8 Å². The highest BCUT2D eigenvalue weighted by Gasteiger charge is 2.38. The number of H-pyrrole nitrogens is 1. The number of β-amino-alcohol motifs (C(OH)–C–C–N with tert-alkyl or cyclic N) is 1. The fourth-order valence-corrected chi connectivity index (χ4v) is 5.42. The molecule has 0 unspecified atom stereocenters. The van der Waals surface area contributed by atoms with Gasteiger partial charge in [-0.15, -0.1) is 11.3 Å². The third-order valence-corrected chi connectivity index (χ3v) is 7.08. The van der Waals surface area contributed by atoms with Crippen LogP contribution in [0.25, 0.3) is 10.2 Å². The average molecular weight is 476 g/mol. The molecule has 1 aliphatic heterocycles. The summed E-state index contributed by atoms with van der Waals surface area (Å²) < 4.78 is 2.62. The van der Waals surface area contributed by atoms with Gasteiger partial charge in [0.05, 0.1) is 23.2 Å². The van der Waals surface area contributed by atoms with Crippen LogP contribution >= 0.6 is 11.3 Å². The number of hydrogen-bond acceptors (Lipinski definition) is 7. The zero-order chi connectivity index (χ0) is 24.2. The molecule has 178 valence electrons. The van der Waals surface area contributed by atoms with Crippen LogP contribution in [0.1, 0.15) is 53.0 Å². The number of aromatic amines is 1. The first-order valence-corrected chi connectivity index (χ1v) is 11.7. The van der Waals surface area contributed by atoms with Gasteiger partial charge in [-0.05, 0) is 26.7 Å². The lowest BCUT2D eigenvalue weighted by molar-refractivity contribution is -0.0796. The molecule has 0 bridgehead atoms. The molecule has 1 amide bonds. The maximum absolute atomic E-state index is 13.6. The molecular weight excluding hydrogens is 446 g/mol. The number of hydrogen-bond donors (Lipinski definition) is 2. The molecule has 0 aliphatic carbocycles. The number of hydroxylamine groups is 2. The Hall–Kier alpha value is -2.76. The van der Waals surface area contributed by atoms with Crippen LogP contribution in [0.2, 0.25) is 0 Å². The number of amides is 1. The van der Waals surface area contributed by atoms with Gasteiger partial charge in [0.1, 0.15) is 17.0 Å². The molecule has 0 aromatic carbocycles. The Balaban J connectivity index is 2.00. The Morgan fingerprint density at radius 1 is 1.33 bits per heavy atom. The molecule has 0 spiro atoms. The predicted octanol–water partition coefficient (Wildman–Crippen LogP) is 1.49. The van der Waals surface area contributed by atoms with Crippen molar-refractivity contribution in [2.75, 3.05) is 13.2 Å². The molecule has 2 N–H and O–H groups in total. The lowest BCUT2D eigenvalue weighted by Gasteiger charge is -2.17. The monoisotopic (exact) mass is 475 g/mol. The van der Waals surface area contributed by atoms with E-state index in [0.717, 1.165) is 26.6 Å². The SMILES string of the molecule is Cc1n[nH]c(C)c1Cc1sc2c(c1C(=O)N1C[C@](C)(O)CO1)c(=O)n(C)c(=O)n2CC(C)C. The Labute approximate surface area is 194 Å². The van der Waals surface area contributed by atoms with Gasteiger partial charge in [0, 0.05) is 36.1 Å². The number of carbonyl (C=O) groups is 1. The Morgan fingerprint density at radius 3 is 2.58 bits per heavy atom. The Bertz CT molecular complexity index is 1340. The summed E-state index contributed by atoms with van der Waals surface area (Å²) in [5, 5.41) is 18.8. The normalized spacial score (nSPS) is 18.7. The minimum Gasteiger partial charge on any atom is -0.386 e. The molecule has 4 heterocycles. The van der Waals surface area contributed by atoms with Crippen molar-refractivity contribution in [2.45, 2.75) is 53.2 Å². The number of aromatic nitrogens is 4. The third-order valence-electron chi connectivity index (χ3n) is 5.87. The maximum Gasteiger partial charge on any atom is 0.331 e. The zero-order valence-electron chi connectivity index (χ0n) is 19.7. The number of nitrogens with one attached hydrogen (secondary N) is 1. The topological polar surface area (TPSA) is 122 Å². The van der Waals surface area contributed by atoms with Crippen molar-refractivity contribution < 1.29 is 14.7 Å². The summed E-state index contributed by atoms with van der Waals surface area (Å²) in [7, 11) is 1.42. The van der Waals surface area contributed by atoms with Crippen LogP contribution in [0.5, 0.6) is 0 Å². The van der Waals surface area contributed by atoms with Crippen molar-refractivity contribution in [1.82, 2.24) is 24.4 Å². The standard InChI is InChI=1S/C22H29N5O5S/c1-11(2)8-26-20-17(18(28)25(6)21(26)30)16(19(29)27-9-22(5,31)10-32-27)15(33-20)7-14-12(3)23-24-13(14)4/h11,31H,7-10H2,1-6H3,(H,23,24)/t22-/m0/s1. The summed E-state index contributed by atoms with van der Waals surface area (Å²) in [6, 6.07) is 0. The highest BCUT2D eigenvalue weighted by molar-refractivity contribution is 7.19. The van der Waals surface area contributed by atoms with Crippen LogP contribution in [-0.4, -0.2) is 54.2 Å². The van der Waals surface area contributed by atoms with E-state index < -0.39 is 22.8 Å². The molecule has 0 saturated carbocycles. The first-order chi connectivity index (χ1) is 15.4. The van der Waals surface area contributed by atoms with E-state index in [1.54, 1.807) is 11.5 Å². The third kappa shape index (κ3) is 4.04. The van der Waals surface area contributed by atoms with E-state index in [2.05, 4.69) is 10.2 Å². The van der Waals surface area contributed by atoms with E-state index >= 15 is 0 Å². The molecular formula is C22H29N5O5S. The maximum atomic E-state index is 13.6. The van der Waals surface area contributed by atoms with Crippen molar-refractivity contribution in [3.05, 3.63) is 48.2 Å². The van der Waals surface area contributed by atoms with E-state index in [1.807, 2.05) is 27.7 Å². The number of nitrogens with zero attached hydrogens (tertiary/aromatic N) is 4. The second-order valence-electron chi connectivity index (χ2n) is 9.43. The minimum atomic E-state index is -1.18. The molecule has 33 heavy (non-hydrogen) atoms. The number of aryl methyl sites for hydroxylation is 2. The number of fused-ring (bicyclic) bond motifs is 1. The van der Waals surface area contributed by atoms with Crippen molar-refractivity contribution in [2.24, 2.45) is 13.0 Å². The second-order valence-corrected chi connectivity index (χ2v) is 10.5. The number of aliphatic hydroxyl groups is 1. The van der Waals surface area contributed by atoms with Crippen molar-refractivity contribution in [3.63, 3.8) is 0 Å². The van der Waals surface area contributed by atoms with Crippen molar-refractivity contribution in [3.8, 4) is 0 Å². The smallest absolute Gasteiger partial charge is 0.331 e. The van der Waals surface area contributed by atoms with Crippen LogP contribution in [-0.2, 0) is 24.9 Å². The lowest BCUT2D eigenvalue weighted by Crippen LogP contribution is -2.39. The number of rotatable bonds is 5. The summed E-state index contributed by atoms with van der Waals surface area (Å²) >= 11 is 1.27. The van der Waals surface area contributed by atoms with E-state index in [9.17, 15) is 19.5 Å². The fourth-order valence-electron chi connectivity index (χ4n) is 4.12. The summed E-state index contributed by atoms with van der Waals surface area (Å²) in [6.07, 6.45) is 0.373. The molecule has 1 atom stereocenters. The van der Waals surface area contributed by atoms with E-state index in [-0.39, 0.29) is 30.0 Å². The Morgan fingerprint density at radius 2 is 2.03 bits per heavy atom. The first kappa shape index (κ1) is 23.4. The summed E-state index contributed by atoms with van der Waals surface area (Å²) in [6.45, 7) is 9.72. The van der Waals surface area contributed by atoms with Gasteiger partial charge in [-0.25, -0.2) is 9.86 Å². The van der Waals surface area contributed by atoms with Gasteiger partial charge in [0.15, 0.2) is 0 Å². The summed E-state index contributed by atoms with van der Waals surface area (Å²) in [5.41, 5.74) is 0.707. The molecule has 3 aromatic rings. The molecule has 0 radical (unpaired) electrons. The average Bonchev–Trinajstić information content (AvgIpc) is 3.39. The molecule has 11 heteroatoms.